The zero-order valence-corrected chi connectivity index (χ0v) is 11.8. The summed E-state index contributed by atoms with van der Waals surface area (Å²) in [5.74, 6) is 0.421. The van der Waals surface area contributed by atoms with Crippen LogP contribution in [-0.4, -0.2) is 5.11 Å². The second-order valence-corrected chi connectivity index (χ2v) is 5.64. The third-order valence-electron chi connectivity index (χ3n) is 4.36. The van der Waals surface area contributed by atoms with Gasteiger partial charge in [-0.1, -0.05) is 51.3 Å². The highest BCUT2D eigenvalue weighted by Crippen LogP contribution is 2.32. The number of fused-ring (bicyclic) bond motifs is 1. The molecule has 0 bridgehead atoms. The monoisotopic (exact) mass is 246 g/mol. The molecule has 1 N–H and O–H groups in total. The average Bonchev–Trinajstić information content (AvgIpc) is 2.86. The van der Waals surface area contributed by atoms with Crippen LogP contribution in [0.2, 0.25) is 0 Å². The van der Waals surface area contributed by atoms with Crippen LogP contribution in [0.3, 0.4) is 0 Å². The molecule has 0 radical (unpaired) electrons. The number of aryl methyl sites for hydroxylation is 2. The Bertz CT molecular complexity index is 383. The molecule has 0 aromatic heterocycles. The Balaban J connectivity index is 2.09. The standard InChI is InChI=1S/C17H26O/c1-3-5-7-13(4-2)17(18)16-11-10-14-8-6-9-15(14)12-16/h10-13,17-18H,3-9H2,1-2H3. The van der Waals surface area contributed by atoms with E-state index in [0.717, 1.165) is 18.4 Å². The number of aliphatic hydroxyl groups excluding tert-OH is 1. The summed E-state index contributed by atoms with van der Waals surface area (Å²) in [6.45, 7) is 4.41. The summed E-state index contributed by atoms with van der Waals surface area (Å²) in [5.41, 5.74) is 4.10. The molecule has 0 amide bonds. The van der Waals surface area contributed by atoms with Crippen LogP contribution in [-0.2, 0) is 12.8 Å². The summed E-state index contributed by atoms with van der Waals surface area (Å²) in [4.78, 5) is 0. The van der Waals surface area contributed by atoms with E-state index in [0.29, 0.717) is 5.92 Å². The first-order chi connectivity index (χ1) is 8.76. The Morgan fingerprint density at radius 2 is 1.94 bits per heavy atom. The smallest absolute Gasteiger partial charge is 0.0818 e. The molecule has 100 valence electrons. The Labute approximate surface area is 111 Å². The van der Waals surface area contributed by atoms with Crippen LogP contribution in [0.25, 0.3) is 0 Å². The maximum absolute atomic E-state index is 10.5. The fourth-order valence-electron chi connectivity index (χ4n) is 3.10. The fraction of sp³-hybridized carbons (Fsp3) is 0.647. The molecule has 1 aliphatic rings. The third-order valence-corrected chi connectivity index (χ3v) is 4.36. The van der Waals surface area contributed by atoms with Crippen molar-refractivity contribution in [3.8, 4) is 0 Å². The quantitative estimate of drug-likeness (QED) is 0.787. The number of benzene rings is 1. The van der Waals surface area contributed by atoms with Gasteiger partial charge in [0.25, 0.3) is 0 Å². The summed E-state index contributed by atoms with van der Waals surface area (Å²) in [5, 5.41) is 10.5. The molecule has 0 saturated heterocycles. The molecule has 2 rings (SSSR count). The van der Waals surface area contributed by atoms with Crippen LogP contribution in [0.5, 0.6) is 0 Å². The van der Waals surface area contributed by atoms with E-state index in [1.165, 1.54) is 43.2 Å². The number of rotatable bonds is 6. The lowest BCUT2D eigenvalue weighted by Crippen LogP contribution is -2.12. The molecular formula is C17H26O. The van der Waals surface area contributed by atoms with Gasteiger partial charge in [-0.05, 0) is 48.3 Å². The van der Waals surface area contributed by atoms with Gasteiger partial charge in [0.05, 0.1) is 6.10 Å². The molecule has 1 aromatic rings. The topological polar surface area (TPSA) is 20.2 Å². The summed E-state index contributed by atoms with van der Waals surface area (Å²) in [6.07, 6.45) is 8.08. The highest BCUT2D eigenvalue weighted by Gasteiger charge is 2.20. The number of hydrogen-bond acceptors (Lipinski definition) is 1. The second kappa shape index (κ2) is 6.38. The van der Waals surface area contributed by atoms with E-state index in [-0.39, 0.29) is 6.10 Å². The van der Waals surface area contributed by atoms with E-state index in [9.17, 15) is 5.11 Å². The first-order valence-corrected chi connectivity index (χ1v) is 7.56. The molecule has 1 aromatic carbocycles. The lowest BCUT2D eigenvalue weighted by Gasteiger charge is -2.22. The minimum Gasteiger partial charge on any atom is -0.388 e. The molecule has 1 nitrogen and oxygen atoms in total. The highest BCUT2D eigenvalue weighted by molar-refractivity contribution is 5.36. The van der Waals surface area contributed by atoms with Gasteiger partial charge in [-0.25, -0.2) is 0 Å². The highest BCUT2D eigenvalue weighted by atomic mass is 16.3. The van der Waals surface area contributed by atoms with Gasteiger partial charge in [0.15, 0.2) is 0 Å². The lowest BCUT2D eigenvalue weighted by atomic mass is 9.88. The van der Waals surface area contributed by atoms with Gasteiger partial charge in [-0.2, -0.15) is 0 Å². The van der Waals surface area contributed by atoms with Gasteiger partial charge in [0.1, 0.15) is 0 Å². The molecule has 0 aliphatic heterocycles. The maximum Gasteiger partial charge on any atom is 0.0818 e. The second-order valence-electron chi connectivity index (χ2n) is 5.64. The van der Waals surface area contributed by atoms with Crippen molar-refractivity contribution in [3.63, 3.8) is 0 Å². The molecule has 18 heavy (non-hydrogen) atoms. The van der Waals surface area contributed by atoms with E-state index < -0.39 is 0 Å². The number of hydrogen-bond donors (Lipinski definition) is 1. The van der Waals surface area contributed by atoms with Crippen molar-refractivity contribution in [1.29, 1.82) is 0 Å². The van der Waals surface area contributed by atoms with E-state index in [4.69, 9.17) is 0 Å². The van der Waals surface area contributed by atoms with Crippen molar-refractivity contribution < 1.29 is 5.11 Å². The summed E-state index contributed by atoms with van der Waals surface area (Å²) in [6, 6.07) is 6.62. The first-order valence-electron chi connectivity index (χ1n) is 7.56. The van der Waals surface area contributed by atoms with E-state index >= 15 is 0 Å². The normalized spacial score (nSPS) is 17.5. The molecule has 0 fully saturated rings. The van der Waals surface area contributed by atoms with E-state index in [1.54, 1.807) is 0 Å². The first kappa shape index (κ1) is 13.6. The molecule has 2 unspecified atom stereocenters. The summed E-state index contributed by atoms with van der Waals surface area (Å²) >= 11 is 0. The zero-order chi connectivity index (χ0) is 13.0. The van der Waals surface area contributed by atoms with Crippen LogP contribution >= 0.6 is 0 Å². The van der Waals surface area contributed by atoms with Gasteiger partial charge >= 0.3 is 0 Å². The molecule has 0 heterocycles. The van der Waals surface area contributed by atoms with Crippen molar-refractivity contribution in [2.24, 2.45) is 5.92 Å². The maximum atomic E-state index is 10.5. The van der Waals surface area contributed by atoms with Crippen molar-refractivity contribution in [2.45, 2.75) is 64.9 Å². The van der Waals surface area contributed by atoms with E-state index in [1.807, 2.05) is 0 Å². The van der Waals surface area contributed by atoms with Crippen LogP contribution in [0, 0.1) is 5.92 Å². The minimum absolute atomic E-state index is 0.271. The van der Waals surface area contributed by atoms with Crippen molar-refractivity contribution in [3.05, 3.63) is 34.9 Å². The van der Waals surface area contributed by atoms with Gasteiger partial charge < -0.3 is 5.11 Å². The average molecular weight is 246 g/mol. The number of aliphatic hydroxyl groups is 1. The van der Waals surface area contributed by atoms with Gasteiger partial charge in [-0.3, -0.25) is 0 Å². The SMILES string of the molecule is CCCCC(CC)C(O)c1ccc2c(c1)CCC2. The van der Waals surface area contributed by atoms with Gasteiger partial charge in [-0.15, -0.1) is 0 Å². The summed E-state index contributed by atoms with van der Waals surface area (Å²) in [7, 11) is 0. The molecule has 0 saturated carbocycles. The molecule has 1 aliphatic carbocycles. The summed E-state index contributed by atoms with van der Waals surface area (Å²) < 4.78 is 0. The predicted molar refractivity (Wildman–Crippen MR) is 76.7 cm³/mol. The molecule has 1 heteroatoms. The Kier molecular flexibility index (Phi) is 4.82. The molecule has 2 atom stereocenters. The number of unbranched alkanes of at least 4 members (excludes halogenated alkanes) is 1. The van der Waals surface area contributed by atoms with Gasteiger partial charge in [0, 0.05) is 0 Å². The predicted octanol–water partition coefficient (Wildman–Crippen LogP) is 4.43. The third kappa shape index (κ3) is 2.95. The van der Waals surface area contributed by atoms with Crippen molar-refractivity contribution >= 4 is 0 Å². The Morgan fingerprint density at radius 3 is 2.67 bits per heavy atom. The van der Waals surface area contributed by atoms with Crippen LogP contribution < -0.4 is 0 Å². The minimum atomic E-state index is -0.271. The Morgan fingerprint density at radius 1 is 1.17 bits per heavy atom. The fourth-order valence-corrected chi connectivity index (χ4v) is 3.10. The molecular weight excluding hydrogens is 220 g/mol. The zero-order valence-electron chi connectivity index (χ0n) is 11.8. The van der Waals surface area contributed by atoms with Crippen LogP contribution in [0.4, 0.5) is 0 Å². The Hall–Kier alpha value is -0.820. The van der Waals surface area contributed by atoms with Crippen LogP contribution in [0.15, 0.2) is 18.2 Å². The van der Waals surface area contributed by atoms with Crippen LogP contribution in [0.1, 0.15) is 68.7 Å². The molecule has 0 spiro atoms. The van der Waals surface area contributed by atoms with Crippen molar-refractivity contribution in [2.75, 3.05) is 0 Å². The van der Waals surface area contributed by atoms with Crippen molar-refractivity contribution in [1.82, 2.24) is 0 Å². The van der Waals surface area contributed by atoms with E-state index in [2.05, 4.69) is 32.0 Å². The van der Waals surface area contributed by atoms with Gasteiger partial charge in [0.2, 0.25) is 0 Å². The lowest BCUT2D eigenvalue weighted by molar-refractivity contribution is 0.0988. The largest absolute Gasteiger partial charge is 0.388 e.